The number of carboxylic acid groups (broad SMARTS) is 1. The SMILES string of the molecule is CCOC(=O)OCOC(=O)C(CCCCCC(=O)O)COC(=O)OCC. The second kappa shape index (κ2) is 14.8. The molecule has 0 saturated heterocycles. The van der Waals surface area contributed by atoms with Crippen molar-refractivity contribution >= 4 is 24.2 Å². The van der Waals surface area contributed by atoms with Crippen molar-refractivity contribution in [2.45, 2.75) is 46.0 Å². The second-order valence-corrected chi connectivity index (χ2v) is 5.09. The van der Waals surface area contributed by atoms with E-state index in [1.54, 1.807) is 13.8 Å². The number of esters is 1. The van der Waals surface area contributed by atoms with E-state index < -0.39 is 37.0 Å². The Morgan fingerprint density at radius 2 is 1.42 bits per heavy atom. The van der Waals surface area contributed by atoms with Crippen LogP contribution in [0.25, 0.3) is 0 Å². The van der Waals surface area contributed by atoms with Gasteiger partial charge in [0, 0.05) is 6.42 Å². The molecule has 0 aromatic heterocycles. The van der Waals surface area contributed by atoms with E-state index in [9.17, 15) is 19.2 Å². The van der Waals surface area contributed by atoms with Crippen LogP contribution in [-0.2, 0) is 33.3 Å². The van der Waals surface area contributed by atoms with Crippen LogP contribution in [0, 0.1) is 5.92 Å². The maximum atomic E-state index is 12.0. The maximum Gasteiger partial charge on any atom is 0.511 e. The van der Waals surface area contributed by atoms with Crippen molar-refractivity contribution in [2.24, 2.45) is 5.92 Å². The third-order valence-electron chi connectivity index (χ3n) is 3.08. The average Bonchev–Trinajstić information content (AvgIpc) is 2.57. The molecule has 0 heterocycles. The van der Waals surface area contributed by atoms with Crippen molar-refractivity contribution in [3.63, 3.8) is 0 Å². The highest BCUT2D eigenvalue weighted by Crippen LogP contribution is 2.14. The monoisotopic (exact) mass is 378 g/mol. The Labute approximate surface area is 151 Å². The first kappa shape index (κ1) is 23.5. The Hall–Kier alpha value is -2.52. The zero-order valence-corrected chi connectivity index (χ0v) is 15.1. The molecular weight excluding hydrogens is 352 g/mol. The van der Waals surface area contributed by atoms with E-state index in [0.717, 1.165) is 0 Å². The molecule has 26 heavy (non-hydrogen) atoms. The van der Waals surface area contributed by atoms with Crippen molar-refractivity contribution in [1.82, 2.24) is 0 Å². The zero-order valence-electron chi connectivity index (χ0n) is 15.1. The zero-order chi connectivity index (χ0) is 19.8. The maximum absolute atomic E-state index is 12.0. The van der Waals surface area contributed by atoms with Gasteiger partial charge in [-0.3, -0.25) is 9.59 Å². The predicted molar refractivity (Wildman–Crippen MR) is 86.3 cm³/mol. The molecule has 0 amide bonds. The molecule has 1 N–H and O–H groups in total. The quantitative estimate of drug-likeness (QED) is 0.220. The summed E-state index contributed by atoms with van der Waals surface area (Å²) < 4.78 is 23.3. The number of carbonyl (C=O) groups is 4. The van der Waals surface area contributed by atoms with Crippen molar-refractivity contribution in [2.75, 3.05) is 26.6 Å². The largest absolute Gasteiger partial charge is 0.511 e. The van der Waals surface area contributed by atoms with Crippen LogP contribution >= 0.6 is 0 Å². The number of carbonyl (C=O) groups excluding carboxylic acids is 3. The fraction of sp³-hybridized carbons (Fsp3) is 0.750. The van der Waals surface area contributed by atoms with Gasteiger partial charge in [0.2, 0.25) is 6.79 Å². The lowest BCUT2D eigenvalue weighted by Gasteiger charge is -2.16. The fourth-order valence-corrected chi connectivity index (χ4v) is 1.85. The van der Waals surface area contributed by atoms with Gasteiger partial charge in [-0.15, -0.1) is 0 Å². The van der Waals surface area contributed by atoms with Crippen LogP contribution in [0.1, 0.15) is 46.0 Å². The van der Waals surface area contributed by atoms with Crippen molar-refractivity contribution in [1.29, 1.82) is 0 Å². The Balaban J connectivity index is 4.35. The van der Waals surface area contributed by atoms with E-state index in [4.69, 9.17) is 14.6 Å². The van der Waals surface area contributed by atoms with E-state index >= 15 is 0 Å². The van der Waals surface area contributed by atoms with E-state index in [0.29, 0.717) is 25.7 Å². The average molecular weight is 378 g/mol. The summed E-state index contributed by atoms with van der Waals surface area (Å²) >= 11 is 0. The molecule has 1 atom stereocenters. The van der Waals surface area contributed by atoms with Crippen LogP contribution in [0.2, 0.25) is 0 Å². The van der Waals surface area contributed by atoms with E-state index in [-0.39, 0.29) is 26.2 Å². The predicted octanol–water partition coefficient (Wildman–Crippen LogP) is 2.48. The minimum Gasteiger partial charge on any atom is -0.481 e. The molecule has 0 spiro atoms. The number of carboxylic acids is 1. The molecule has 0 aliphatic carbocycles. The molecule has 0 aromatic rings. The number of rotatable bonds is 13. The molecule has 0 rings (SSSR count). The van der Waals surface area contributed by atoms with Crippen LogP contribution in [0.15, 0.2) is 0 Å². The lowest BCUT2D eigenvalue weighted by molar-refractivity contribution is -0.160. The summed E-state index contributed by atoms with van der Waals surface area (Å²) in [4.78, 5) is 44.8. The number of aliphatic carboxylic acids is 1. The topological polar surface area (TPSA) is 135 Å². The molecule has 0 fully saturated rings. The molecule has 150 valence electrons. The normalized spacial score (nSPS) is 11.2. The number of hydrogen-bond acceptors (Lipinski definition) is 9. The fourth-order valence-electron chi connectivity index (χ4n) is 1.85. The summed E-state index contributed by atoms with van der Waals surface area (Å²) in [6, 6.07) is 0. The second-order valence-electron chi connectivity index (χ2n) is 5.09. The first-order valence-corrected chi connectivity index (χ1v) is 8.38. The highest BCUT2D eigenvalue weighted by Gasteiger charge is 2.23. The molecule has 0 aliphatic rings. The molecule has 0 bridgehead atoms. The molecular formula is C16H26O10. The van der Waals surface area contributed by atoms with Gasteiger partial charge < -0.3 is 28.8 Å². The van der Waals surface area contributed by atoms with Gasteiger partial charge in [-0.1, -0.05) is 12.8 Å². The van der Waals surface area contributed by atoms with Gasteiger partial charge in [0.25, 0.3) is 0 Å². The van der Waals surface area contributed by atoms with Gasteiger partial charge in [-0.2, -0.15) is 0 Å². The van der Waals surface area contributed by atoms with Gasteiger partial charge in [-0.05, 0) is 26.7 Å². The lowest BCUT2D eigenvalue weighted by Crippen LogP contribution is -2.26. The van der Waals surface area contributed by atoms with E-state index in [2.05, 4.69) is 14.2 Å². The summed E-state index contributed by atoms with van der Waals surface area (Å²) in [7, 11) is 0. The summed E-state index contributed by atoms with van der Waals surface area (Å²) in [5.41, 5.74) is 0. The van der Waals surface area contributed by atoms with Crippen LogP contribution in [0.5, 0.6) is 0 Å². The third-order valence-corrected chi connectivity index (χ3v) is 3.08. The summed E-state index contributed by atoms with van der Waals surface area (Å²) in [6.45, 7) is 2.60. The molecule has 10 nitrogen and oxygen atoms in total. The standard InChI is InChI=1S/C16H26O10/c1-3-22-15(20)24-10-12(8-6-5-7-9-13(17)18)14(19)25-11-26-16(21)23-4-2/h12H,3-11H2,1-2H3,(H,17,18). The Morgan fingerprint density at radius 3 is 2.00 bits per heavy atom. The Bertz CT molecular complexity index is 448. The van der Waals surface area contributed by atoms with Gasteiger partial charge >= 0.3 is 24.2 Å². The summed E-state index contributed by atoms with van der Waals surface area (Å²) in [5, 5.41) is 8.59. The van der Waals surface area contributed by atoms with Crippen molar-refractivity contribution in [3.8, 4) is 0 Å². The van der Waals surface area contributed by atoms with Gasteiger partial charge in [-0.25, -0.2) is 9.59 Å². The van der Waals surface area contributed by atoms with Crippen LogP contribution in [0.3, 0.4) is 0 Å². The van der Waals surface area contributed by atoms with Crippen LogP contribution in [0.4, 0.5) is 9.59 Å². The van der Waals surface area contributed by atoms with E-state index in [1.165, 1.54) is 0 Å². The van der Waals surface area contributed by atoms with Crippen LogP contribution in [-0.4, -0.2) is 56.0 Å². The molecule has 1 unspecified atom stereocenters. The minimum absolute atomic E-state index is 0.0435. The minimum atomic E-state index is -0.965. The summed E-state index contributed by atoms with van der Waals surface area (Å²) in [6.07, 6.45) is 0.0976. The Kier molecular flexibility index (Phi) is 13.4. The first-order valence-electron chi connectivity index (χ1n) is 8.38. The Morgan fingerprint density at radius 1 is 0.808 bits per heavy atom. The van der Waals surface area contributed by atoms with Crippen LogP contribution < -0.4 is 0 Å². The van der Waals surface area contributed by atoms with Gasteiger partial charge in [0.15, 0.2) is 0 Å². The van der Waals surface area contributed by atoms with Gasteiger partial charge in [0.05, 0.1) is 19.1 Å². The first-order chi connectivity index (χ1) is 12.4. The molecule has 10 heteroatoms. The van der Waals surface area contributed by atoms with Crippen molar-refractivity contribution in [3.05, 3.63) is 0 Å². The molecule has 0 saturated carbocycles. The molecule has 0 aliphatic heterocycles. The number of hydrogen-bond donors (Lipinski definition) is 1. The molecule has 0 aromatic carbocycles. The third kappa shape index (κ3) is 12.8. The van der Waals surface area contributed by atoms with Crippen molar-refractivity contribution < 1.29 is 48.0 Å². The lowest BCUT2D eigenvalue weighted by atomic mass is 10.0. The van der Waals surface area contributed by atoms with E-state index in [1.807, 2.05) is 0 Å². The number of unbranched alkanes of at least 4 members (excludes halogenated alkanes) is 2. The molecule has 0 radical (unpaired) electrons. The summed E-state index contributed by atoms with van der Waals surface area (Å²) in [5.74, 6) is -2.38. The van der Waals surface area contributed by atoms with Gasteiger partial charge in [0.1, 0.15) is 6.61 Å². The number of ether oxygens (including phenoxy) is 5. The highest BCUT2D eigenvalue weighted by molar-refractivity contribution is 5.73. The highest BCUT2D eigenvalue weighted by atomic mass is 16.8. The smallest absolute Gasteiger partial charge is 0.481 e.